The van der Waals surface area contributed by atoms with Gasteiger partial charge in [0.05, 0.1) is 0 Å². The van der Waals surface area contributed by atoms with E-state index in [0.29, 0.717) is 10.5 Å². The van der Waals surface area contributed by atoms with Crippen molar-refractivity contribution in [2.45, 2.75) is 6.92 Å². The van der Waals surface area contributed by atoms with E-state index in [1.54, 1.807) is 4.57 Å². The second kappa shape index (κ2) is 2.34. The van der Waals surface area contributed by atoms with Crippen LogP contribution in [0.4, 0.5) is 0 Å². The second-order valence-electron chi connectivity index (χ2n) is 2.47. The van der Waals surface area contributed by atoms with Crippen LogP contribution >= 0.6 is 12.2 Å². The predicted octanol–water partition coefficient (Wildman–Crippen LogP) is 0.501. The minimum Gasteiger partial charge on any atom is -0.308 e. The van der Waals surface area contributed by atoms with Gasteiger partial charge in [0.15, 0.2) is 0 Å². The molecule has 5 nitrogen and oxygen atoms in total. The van der Waals surface area contributed by atoms with Crippen molar-refractivity contribution in [3.8, 4) is 0 Å². The van der Waals surface area contributed by atoms with Gasteiger partial charge in [-0.15, -0.1) is 0 Å². The largest absolute Gasteiger partial charge is 0.308 e. The average Bonchev–Trinajstić information content (AvgIpc) is 2.48. The first-order chi connectivity index (χ1) is 5.70. The summed E-state index contributed by atoms with van der Waals surface area (Å²) in [5, 5.41) is 3.94. The maximum Gasteiger partial charge on any atom is 0.256 e. The van der Waals surface area contributed by atoms with E-state index in [1.165, 1.54) is 10.8 Å². The Morgan fingerprint density at radius 1 is 1.50 bits per heavy atom. The van der Waals surface area contributed by atoms with Crippen LogP contribution in [0.15, 0.2) is 6.33 Å². The molecular weight excluding hydrogens is 174 g/mol. The zero-order valence-electron chi connectivity index (χ0n) is 6.72. The van der Waals surface area contributed by atoms with E-state index >= 15 is 0 Å². The summed E-state index contributed by atoms with van der Waals surface area (Å²) < 4.78 is 3.93. The molecule has 0 aliphatic heterocycles. The summed E-state index contributed by atoms with van der Waals surface area (Å²) in [6.07, 6.45) is 1.44. The quantitative estimate of drug-likeness (QED) is 0.555. The highest BCUT2D eigenvalue weighted by atomic mass is 32.1. The molecule has 0 aliphatic rings. The van der Waals surface area contributed by atoms with Gasteiger partial charge >= 0.3 is 0 Å². The number of aromatic nitrogens is 5. The van der Waals surface area contributed by atoms with E-state index in [0.717, 1.165) is 5.82 Å². The third kappa shape index (κ3) is 0.845. The van der Waals surface area contributed by atoms with Crippen molar-refractivity contribution in [1.82, 2.24) is 24.1 Å². The lowest BCUT2D eigenvalue weighted by Crippen LogP contribution is -2.07. The van der Waals surface area contributed by atoms with E-state index in [9.17, 15) is 0 Å². The molecule has 0 atom stereocenters. The fourth-order valence-electron chi connectivity index (χ4n) is 0.947. The number of fused-ring (bicyclic) bond motifs is 1. The molecule has 0 saturated carbocycles. The lowest BCUT2D eigenvalue weighted by Gasteiger charge is -2.02. The van der Waals surface area contributed by atoms with Crippen molar-refractivity contribution in [3.63, 3.8) is 0 Å². The standard InChI is InChI=1S/C6H7N5S/c1-4-9-5-7-3-8-11(5)6(12)10(4)2/h3H,1-2H3. The fraction of sp³-hybridized carbons (Fsp3) is 0.333. The summed E-state index contributed by atoms with van der Waals surface area (Å²) >= 11 is 5.12. The summed E-state index contributed by atoms with van der Waals surface area (Å²) in [5.41, 5.74) is 0. The molecule has 0 spiro atoms. The molecule has 0 unspecified atom stereocenters. The Morgan fingerprint density at radius 2 is 2.25 bits per heavy atom. The Kier molecular flexibility index (Phi) is 1.44. The van der Waals surface area contributed by atoms with Gasteiger partial charge in [0.25, 0.3) is 5.78 Å². The minimum absolute atomic E-state index is 0.551. The van der Waals surface area contributed by atoms with Gasteiger partial charge in [-0.05, 0) is 19.1 Å². The maximum atomic E-state index is 5.12. The maximum absolute atomic E-state index is 5.12. The van der Waals surface area contributed by atoms with Crippen LogP contribution in [-0.2, 0) is 7.05 Å². The molecule has 12 heavy (non-hydrogen) atoms. The molecule has 2 heterocycles. The summed E-state index contributed by atoms with van der Waals surface area (Å²) in [6, 6.07) is 0. The van der Waals surface area contributed by atoms with Crippen LogP contribution in [0, 0.1) is 11.7 Å². The normalized spacial score (nSPS) is 10.8. The first-order valence-electron chi connectivity index (χ1n) is 3.43. The average molecular weight is 181 g/mol. The highest BCUT2D eigenvalue weighted by Crippen LogP contribution is 1.98. The number of rotatable bonds is 0. The number of hydrogen-bond acceptors (Lipinski definition) is 4. The van der Waals surface area contributed by atoms with Crippen molar-refractivity contribution >= 4 is 18.0 Å². The van der Waals surface area contributed by atoms with Gasteiger partial charge in [-0.1, -0.05) is 0 Å². The molecule has 2 aromatic heterocycles. The molecule has 0 saturated heterocycles. The van der Waals surface area contributed by atoms with Gasteiger partial charge in [-0.25, -0.2) is 0 Å². The van der Waals surface area contributed by atoms with Crippen LogP contribution in [0.25, 0.3) is 5.78 Å². The summed E-state index contributed by atoms with van der Waals surface area (Å²) in [4.78, 5) is 8.12. The first kappa shape index (κ1) is 7.35. The number of nitrogens with zero attached hydrogens (tertiary/aromatic N) is 5. The van der Waals surface area contributed by atoms with E-state index in [2.05, 4.69) is 15.1 Å². The molecule has 0 aromatic carbocycles. The van der Waals surface area contributed by atoms with Crippen LogP contribution in [0.1, 0.15) is 5.82 Å². The lowest BCUT2D eigenvalue weighted by atomic mass is 10.7. The molecule has 0 fully saturated rings. The van der Waals surface area contributed by atoms with E-state index in [4.69, 9.17) is 12.2 Å². The van der Waals surface area contributed by atoms with Crippen molar-refractivity contribution in [2.24, 2.45) is 7.05 Å². The number of hydrogen-bond donors (Lipinski definition) is 0. The van der Waals surface area contributed by atoms with Crippen molar-refractivity contribution in [1.29, 1.82) is 0 Å². The molecule has 0 radical (unpaired) electrons. The molecule has 62 valence electrons. The Bertz CT molecular complexity index is 482. The Hall–Kier alpha value is -1.30. The summed E-state index contributed by atoms with van der Waals surface area (Å²) in [7, 11) is 1.85. The zero-order chi connectivity index (χ0) is 8.72. The third-order valence-electron chi connectivity index (χ3n) is 1.75. The highest BCUT2D eigenvalue weighted by molar-refractivity contribution is 7.71. The van der Waals surface area contributed by atoms with Crippen LogP contribution in [0.2, 0.25) is 0 Å². The van der Waals surface area contributed by atoms with Crippen molar-refractivity contribution in [3.05, 3.63) is 16.9 Å². The van der Waals surface area contributed by atoms with Gasteiger partial charge in [0.2, 0.25) is 4.77 Å². The smallest absolute Gasteiger partial charge is 0.256 e. The van der Waals surface area contributed by atoms with Crippen LogP contribution in [0.5, 0.6) is 0 Å². The van der Waals surface area contributed by atoms with Crippen LogP contribution in [0.3, 0.4) is 0 Å². The number of aryl methyl sites for hydroxylation is 1. The molecule has 0 bridgehead atoms. The van der Waals surface area contributed by atoms with Crippen LogP contribution in [-0.4, -0.2) is 24.1 Å². The van der Waals surface area contributed by atoms with E-state index < -0.39 is 0 Å². The van der Waals surface area contributed by atoms with E-state index in [1.807, 2.05) is 14.0 Å². The molecular formula is C6H7N5S. The Labute approximate surface area is 73.7 Å². The molecule has 0 aliphatic carbocycles. The molecule has 6 heteroatoms. The van der Waals surface area contributed by atoms with Gasteiger partial charge in [0.1, 0.15) is 12.2 Å². The van der Waals surface area contributed by atoms with Crippen LogP contribution < -0.4 is 0 Å². The van der Waals surface area contributed by atoms with E-state index in [-0.39, 0.29) is 0 Å². The zero-order valence-corrected chi connectivity index (χ0v) is 7.54. The summed E-state index contributed by atoms with van der Waals surface area (Å²) in [6.45, 7) is 1.88. The second-order valence-corrected chi connectivity index (χ2v) is 2.84. The third-order valence-corrected chi connectivity index (χ3v) is 2.19. The molecule has 0 N–H and O–H groups in total. The topological polar surface area (TPSA) is 48.0 Å². The summed E-state index contributed by atoms with van der Waals surface area (Å²) in [5.74, 6) is 1.39. The predicted molar refractivity (Wildman–Crippen MR) is 45.3 cm³/mol. The van der Waals surface area contributed by atoms with Gasteiger partial charge < -0.3 is 4.57 Å². The Balaban J connectivity index is 3.05. The molecule has 0 amide bonds. The fourth-order valence-corrected chi connectivity index (χ4v) is 1.21. The lowest BCUT2D eigenvalue weighted by molar-refractivity contribution is 0.715. The SMILES string of the molecule is Cc1nc2ncnn2c(=S)n1C. The van der Waals surface area contributed by atoms with Gasteiger partial charge in [-0.3, -0.25) is 0 Å². The monoisotopic (exact) mass is 181 g/mol. The first-order valence-corrected chi connectivity index (χ1v) is 3.84. The van der Waals surface area contributed by atoms with Crippen molar-refractivity contribution in [2.75, 3.05) is 0 Å². The molecule has 2 rings (SSSR count). The minimum atomic E-state index is 0.551. The van der Waals surface area contributed by atoms with Gasteiger partial charge in [0, 0.05) is 7.05 Å². The highest BCUT2D eigenvalue weighted by Gasteiger charge is 2.01. The van der Waals surface area contributed by atoms with Gasteiger partial charge in [-0.2, -0.15) is 19.6 Å². The van der Waals surface area contributed by atoms with Crippen molar-refractivity contribution < 1.29 is 0 Å². The Morgan fingerprint density at radius 3 is 3.00 bits per heavy atom. The molecule has 2 aromatic rings.